The van der Waals surface area contributed by atoms with Gasteiger partial charge in [0.25, 0.3) is 5.91 Å². The van der Waals surface area contributed by atoms with E-state index in [9.17, 15) is 14.1 Å². The fourth-order valence-corrected chi connectivity index (χ4v) is 8.56. The SMILES string of the molecule is O=C(NC1C2CC3CC1CC(O)(C3)C2)c1cnc(N2CCS(=O)CC2)nc1C1CCCC1. The van der Waals surface area contributed by atoms with Crippen LogP contribution in [0.15, 0.2) is 6.20 Å². The van der Waals surface area contributed by atoms with Crippen LogP contribution in [-0.2, 0) is 10.8 Å². The van der Waals surface area contributed by atoms with Crippen LogP contribution in [0.2, 0.25) is 0 Å². The van der Waals surface area contributed by atoms with E-state index in [2.05, 4.69) is 15.2 Å². The first-order chi connectivity index (χ1) is 15.5. The number of nitrogens with one attached hydrogen (secondary N) is 1. The van der Waals surface area contributed by atoms with E-state index < -0.39 is 16.4 Å². The number of carbonyl (C=O) groups is 1. The molecule has 0 radical (unpaired) electrons. The van der Waals surface area contributed by atoms with Gasteiger partial charge in [0.2, 0.25) is 5.95 Å². The molecule has 32 heavy (non-hydrogen) atoms. The molecule has 2 heterocycles. The largest absolute Gasteiger partial charge is 0.390 e. The van der Waals surface area contributed by atoms with Gasteiger partial charge in [0, 0.05) is 53.6 Å². The zero-order chi connectivity index (χ0) is 21.9. The topological polar surface area (TPSA) is 95.4 Å². The average molecular weight is 459 g/mol. The minimum Gasteiger partial charge on any atom is -0.390 e. The highest BCUT2D eigenvalue weighted by Crippen LogP contribution is 2.55. The van der Waals surface area contributed by atoms with Gasteiger partial charge in [-0.05, 0) is 62.7 Å². The molecule has 2 N–H and O–H groups in total. The third-order valence-corrected chi connectivity index (χ3v) is 10.1. The van der Waals surface area contributed by atoms with Crippen LogP contribution in [0.25, 0.3) is 0 Å². The Bertz CT molecular complexity index is 908. The van der Waals surface area contributed by atoms with E-state index in [1.807, 2.05) is 0 Å². The summed E-state index contributed by atoms with van der Waals surface area (Å²) in [6.45, 7) is 1.41. The van der Waals surface area contributed by atoms with E-state index in [0.29, 0.717) is 59.8 Å². The van der Waals surface area contributed by atoms with Crippen molar-refractivity contribution in [2.45, 2.75) is 75.3 Å². The molecule has 1 aromatic heterocycles. The van der Waals surface area contributed by atoms with E-state index >= 15 is 0 Å². The van der Waals surface area contributed by atoms with Gasteiger partial charge in [0.1, 0.15) is 0 Å². The fourth-order valence-electron chi connectivity index (χ4n) is 7.51. The Kier molecular flexibility index (Phi) is 5.29. The molecule has 0 aromatic carbocycles. The molecule has 1 amide bonds. The Morgan fingerprint density at radius 2 is 1.81 bits per heavy atom. The summed E-state index contributed by atoms with van der Waals surface area (Å²) < 4.78 is 11.7. The number of carbonyl (C=O) groups excluding carboxylic acids is 1. The van der Waals surface area contributed by atoms with Crippen LogP contribution in [0.3, 0.4) is 0 Å². The van der Waals surface area contributed by atoms with Gasteiger partial charge in [-0.15, -0.1) is 0 Å². The maximum atomic E-state index is 13.5. The number of aromatic nitrogens is 2. The molecule has 2 atom stereocenters. The van der Waals surface area contributed by atoms with Crippen LogP contribution in [0.4, 0.5) is 5.95 Å². The molecular weight excluding hydrogens is 424 g/mol. The number of hydrogen-bond donors (Lipinski definition) is 2. The van der Waals surface area contributed by atoms with E-state index in [0.717, 1.165) is 50.6 Å². The Labute approximate surface area is 192 Å². The van der Waals surface area contributed by atoms with E-state index in [4.69, 9.17) is 4.98 Å². The molecule has 6 fully saturated rings. The van der Waals surface area contributed by atoms with Gasteiger partial charge in [-0.3, -0.25) is 9.00 Å². The van der Waals surface area contributed by atoms with Crippen LogP contribution in [0.1, 0.15) is 79.8 Å². The van der Waals surface area contributed by atoms with E-state index in [1.54, 1.807) is 6.20 Å². The predicted octanol–water partition coefficient (Wildman–Crippen LogP) is 2.37. The van der Waals surface area contributed by atoms with Crippen LogP contribution in [0, 0.1) is 17.8 Å². The highest BCUT2D eigenvalue weighted by molar-refractivity contribution is 7.85. The summed E-state index contributed by atoms with van der Waals surface area (Å²) in [6, 6.07) is 0.160. The maximum absolute atomic E-state index is 13.5. The number of amides is 1. The summed E-state index contributed by atoms with van der Waals surface area (Å²) >= 11 is 0. The molecule has 6 aliphatic rings. The standard InChI is InChI=1S/C24H34N4O3S/c29-22(26-20-17-9-15-10-18(20)13-24(30,11-15)12-17)19-14-25-23(28-5-7-32(31)8-6-28)27-21(19)16-3-1-2-4-16/h14-18,20,30H,1-13H2,(H,26,29). The second-order valence-corrected chi connectivity index (χ2v) is 12.7. The van der Waals surface area contributed by atoms with Crippen molar-refractivity contribution in [2.24, 2.45) is 17.8 Å². The van der Waals surface area contributed by atoms with E-state index in [-0.39, 0.29) is 11.9 Å². The van der Waals surface area contributed by atoms with Crippen molar-refractivity contribution in [1.82, 2.24) is 15.3 Å². The second kappa shape index (κ2) is 8.05. The Morgan fingerprint density at radius 3 is 2.47 bits per heavy atom. The summed E-state index contributed by atoms with van der Waals surface area (Å²) in [5, 5.41) is 14.3. The lowest BCUT2D eigenvalue weighted by atomic mass is 9.52. The summed E-state index contributed by atoms with van der Waals surface area (Å²) in [6.07, 6.45) is 11.1. The van der Waals surface area contributed by atoms with Crippen LogP contribution in [-0.4, -0.2) is 61.4 Å². The molecule has 4 bridgehead atoms. The van der Waals surface area contributed by atoms with Gasteiger partial charge >= 0.3 is 0 Å². The quantitative estimate of drug-likeness (QED) is 0.719. The van der Waals surface area contributed by atoms with Gasteiger partial charge in [0.15, 0.2) is 0 Å². The Morgan fingerprint density at radius 1 is 1.12 bits per heavy atom. The van der Waals surface area contributed by atoms with Gasteiger partial charge < -0.3 is 15.3 Å². The van der Waals surface area contributed by atoms with Gasteiger partial charge in [-0.2, -0.15) is 0 Å². The Balaban J connectivity index is 1.25. The van der Waals surface area contributed by atoms with Gasteiger partial charge in [0.05, 0.1) is 16.9 Å². The smallest absolute Gasteiger partial charge is 0.254 e. The second-order valence-electron chi connectivity index (χ2n) is 11.0. The first kappa shape index (κ1) is 21.0. The van der Waals surface area contributed by atoms with Gasteiger partial charge in [-0.1, -0.05) is 12.8 Å². The van der Waals surface area contributed by atoms with Crippen LogP contribution in [0.5, 0.6) is 0 Å². The third kappa shape index (κ3) is 3.77. The molecule has 1 aromatic rings. The molecule has 0 spiro atoms. The van der Waals surface area contributed by atoms with Crippen molar-refractivity contribution in [3.63, 3.8) is 0 Å². The molecule has 8 heteroatoms. The average Bonchev–Trinajstić information content (AvgIpc) is 3.30. The lowest BCUT2D eigenvalue weighted by Crippen LogP contribution is -2.61. The summed E-state index contributed by atoms with van der Waals surface area (Å²) in [5.41, 5.74) is 1.04. The first-order valence-electron chi connectivity index (χ1n) is 12.5. The molecular formula is C24H34N4O3S. The molecule has 1 aliphatic heterocycles. The van der Waals surface area contributed by atoms with Crippen LogP contribution >= 0.6 is 0 Å². The lowest BCUT2D eigenvalue weighted by molar-refractivity contribution is -0.136. The molecule has 2 unspecified atom stereocenters. The van der Waals surface area contributed by atoms with Crippen molar-refractivity contribution in [3.05, 3.63) is 17.5 Å². The van der Waals surface area contributed by atoms with Crippen molar-refractivity contribution < 1.29 is 14.1 Å². The number of hydrogen-bond acceptors (Lipinski definition) is 6. The lowest BCUT2D eigenvalue weighted by Gasteiger charge is -2.58. The molecule has 174 valence electrons. The Hall–Kier alpha value is -1.54. The monoisotopic (exact) mass is 458 g/mol. The first-order valence-corrected chi connectivity index (χ1v) is 14.0. The van der Waals surface area contributed by atoms with Gasteiger partial charge in [-0.25, -0.2) is 9.97 Å². The van der Waals surface area contributed by atoms with Crippen molar-refractivity contribution in [3.8, 4) is 0 Å². The highest BCUT2D eigenvalue weighted by Gasteiger charge is 2.55. The molecule has 7 nitrogen and oxygen atoms in total. The van der Waals surface area contributed by atoms with Crippen molar-refractivity contribution in [2.75, 3.05) is 29.5 Å². The molecule has 1 saturated heterocycles. The third-order valence-electron chi connectivity index (χ3n) is 8.79. The maximum Gasteiger partial charge on any atom is 0.254 e. The molecule has 5 aliphatic carbocycles. The fraction of sp³-hybridized carbons (Fsp3) is 0.792. The van der Waals surface area contributed by atoms with E-state index in [1.165, 1.54) is 12.8 Å². The number of nitrogens with zero attached hydrogens (tertiary/aromatic N) is 3. The number of rotatable bonds is 4. The van der Waals surface area contributed by atoms with Crippen molar-refractivity contribution >= 4 is 22.7 Å². The molecule has 5 saturated carbocycles. The summed E-state index contributed by atoms with van der Waals surface area (Å²) in [7, 11) is -0.742. The predicted molar refractivity (Wildman–Crippen MR) is 123 cm³/mol. The number of anilines is 1. The normalized spacial score (nSPS) is 37.2. The zero-order valence-electron chi connectivity index (χ0n) is 18.7. The molecule has 7 rings (SSSR count). The van der Waals surface area contributed by atoms with Crippen molar-refractivity contribution in [1.29, 1.82) is 0 Å². The zero-order valence-corrected chi connectivity index (χ0v) is 19.5. The minimum absolute atomic E-state index is 0.0392. The minimum atomic E-state index is -0.742. The summed E-state index contributed by atoms with van der Waals surface area (Å²) in [5.74, 6) is 3.67. The van der Waals surface area contributed by atoms with Crippen LogP contribution < -0.4 is 10.2 Å². The highest BCUT2D eigenvalue weighted by atomic mass is 32.2. The summed E-state index contributed by atoms with van der Waals surface area (Å²) in [4.78, 5) is 25.2. The number of aliphatic hydroxyl groups is 1.